The van der Waals surface area contributed by atoms with E-state index >= 15 is 0 Å². The summed E-state index contributed by atoms with van der Waals surface area (Å²) in [5.74, 6) is 0.809. The largest absolute Gasteiger partial charge is 0.357 e. The van der Waals surface area contributed by atoms with Gasteiger partial charge in [-0.1, -0.05) is 29.8 Å². The van der Waals surface area contributed by atoms with Crippen LogP contribution in [0.2, 0.25) is 5.02 Å². The second-order valence-corrected chi connectivity index (χ2v) is 5.75. The van der Waals surface area contributed by atoms with Gasteiger partial charge in [-0.2, -0.15) is 5.10 Å². The van der Waals surface area contributed by atoms with Crippen LogP contribution in [-0.2, 0) is 13.1 Å². The Labute approximate surface area is 142 Å². The number of rotatable bonds is 7. The van der Waals surface area contributed by atoms with Crippen molar-refractivity contribution in [2.75, 3.05) is 13.1 Å². The van der Waals surface area contributed by atoms with Gasteiger partial charge >= 0.3 is 0 Å². The summed E-state index contributed by atoms with van der Waals surface area (Å²) in [6, 6.07) is 7.79. The van der Waals surface area contributed by atoms with Crippen LogP contribution in [0.15, 0.2) is 41.7 Å². The summed E-state index contributed by atoms with van der Waals surface area (Å²) in [7, 11) is 0. The Morgan fingerprint density at radius 3 is 2.83 bits per heavy atom. The molecule has 0 aliphatic carbocycles. The SMILES string of the molecule is CCNC(=NCc1ccccc1Cl)NCCCn1cc(C)cn1. The molecule has 0 aliphatic rings. The monoisotopic (exact) mass is 333 g/mol. The third kappa shape index (κ3) is 5.94. The molecule has 124 valence electrons. The van der Waals surface area contributed by atoms with Gasteiger partial charge in [0.2, 0.25) is 0 Å². The van der Waals surface area contributed by atoms with Gasteiger partial charge in [-0.3, -0.25) is 4.68 Å². The highest BCUT2D eigenvalue weighted by Gasteiger charge is 2.01. The minimum Gasteiger partial charge on any atom is -0.357 e. The lowest BCUT2D eigenvalue weighted by Gasteiger charge is -2.11. The van der Waals surface area contributed by atoms with Gasteiger partial charge in [0.1, 0.15) is 0 Å². The number of nitrogens with one attached hydrogen (secondary N) is 2. The Morgan fingerprint density at radius 1 is 1.30 bits per heavy atom. The molecule has 0 saturated heterocycles. The summed E-state index contributed by atoms with van der Waals surface area (Å²) in [5.41, 5.74) is 2.21. The lowest BCUT2D eigenvalue weighted by atomic mass is 10.2. The molecule has 5 nitrogen and oxygen atoms in total. The standard InChI is InChI=1S/C17H24ClN5/c1-3-19-17(21-12-15-7-4-5-8-16(15)18)20-9-6-10-23-13-14(2)11-22-23/h4-5,7-8,11,13H,3,6,9-10,12H2,1-2H3,(H2,19,20,21). The smallest absolute Gasteiger partial charge is 0.191 e. The van der Waals surface area contributed by atoms with Crippen molar-refractivity contribution < 1.29 is 0 Å². The van der Waals surface area contributed by atoms with Crippen LogP contribution in [0.4, 0.5) is 0 Å². The first-order chi connectivity index (χ1) is 11.2. The van der Waals surface area contributed by atoms with Crippen molar-refractivity contribution in [3.05, 3.63) is 52.8 Å². The molecular formula is C17H24ClN5. The summed E-state index contributed by atoms with van der Waals surface area (Å²) < 4.78 is 1.96. The van der Waals surface area contributed by atoms with Crippen molar-refractivity contribution in [1.29, 1.82) is 0 Å². The summed E-state index contributed by atoms with van der Waals surface area (Å²) in [6.45, 7) is 7.23. The predicted molar refractivity (Wildman–Crippen MR) is 95.9 cm³/mol. The molecular weight excluding hydrogens is 310 g/mol. The van der Waals surface area contributed by atoms with Crippen molar-refractivity contribution in [2.45, 2.75) is 33.4 Å². The van der Waals surface area contributed by atoms with E-state index in [-0.39, 0.29) is 0 Å². The Hall–Kier alpha value is -2.01. The fourth-order valence-corrected chi connectivity index (χ4v) is 2.37. The molecule has 0 spiro atoms. The third-order valence-corrected chi connectivity index (χ3v) is 3.70. The highest BCUT2D eigenvalue weighted by molar-refractivity contribution is 6.31. The van der Waals surface area contributed by atoms with Crippen LogP contribution >= 0.6 is 11.6 Å². The number of halogens is 1. The van der Waals surface area contributed by atoms with Crippen molar-refractivity contribution in [3.8, 4) is 0 Å². The van der Waals surface area contributed by atoms with Gasteiger partial charge in [-0.25, -0.2) is 4.99 Å². The Balaban J connectivity index is 1.80. The maximum absolute atomic E-state index is 6.16. The van der Waals surface area contributed by atoms with Crippen LogP contribution in [0.1, 0.15) is 24.5 Å². The molecule has 0 bridgehead atoms. The quantitative estimate of drug-likeness (QED) is 0.465. The number of benzene rings is 1. The summed E-state index contributed by atoms with van der Waals surface area (Å²) in [6.07, 6.45) is 4.91. The zero-order valence-corrected chi connectivity index (χ0v) is 14.5. The number of guanidine groups is 1. The average molecular weight is 334 g/mol. The molecule has 0 fully saturated rings. The van der Waals surface area contributed by atoms with E-state index in [9.17, 15) is 0 Å². The van der Waals surface area contributed by atoms with Crippen molar-refractivity contribution >= 4 is 17.6 Å². The molecule has 1 heterocycles. The van der Waals surface area contributed by atoms with E-state index < -0.39 is 0 Å². The summed E-state index contributed by atoms with van der Waals surface area (Å²) in [4.78, 5) is 4.58. The number of aromatic nitrogens is 2. The summed E-state index contributed by atoms with van der Waals surface area (Å²) in [5, 5.41) is 11.6. The van der Waals surface area contributed by atoms with Gasteiger partial charge in [0.25, 0.3) is 0 Å². The van der Waals surface area contributed by atoms with Crippen LogP contribution in [0.3, 0.4) is 0 Å². The normalized spacial score (nSPS) is 11.5. The first-order valence-electron chi connectivity index (χ1n) is 7.93. The minimum absolute atomic E-state index is 0.563. The number of nitrogens with zero attached hydrogens (tertiary/aromatic N) is 3. The molecule has 0 amide bonds. The maximum Gasteiger partial charge on any atom is 0.191 e. The number of aryl methyl sites for hydroxylation is 2. The number of aliphatic imine (C=N–C) groups is 1. The molecule has 0 aliphatic heterocycles. The van der Waals surface area contributed by atoms with E-state index in [2.05, 4.69) is 33.8 Å². The second kappa shape index (κ2) is 9.20. The minimum atomic E-state index is 0.563. The zero-order valence-electron chi connectivity index (χ0n) is 13.7. The van der Waals surface area contributed by atoms with Crippen LogP contribution in [-0.4, -0.2) is 28.8 Å². The fraction of sp³-hybridized carbons (Fsp3) is 0.412. The van der Waals surface area contributed by atoms with E-state index in [0.717, 1.165) is 42.6 Å². The van der Waals surface area contributed by atoms with Gasteiger partial charge < -0.3 is 10.6 Å². The Kier molecular flexibility index (Phi) is 6.94. The molecule has 6 heteroatoms. The molecule has 0 atom stereocenters. The van der Waals surface area contributed by atoms with Gasteiger partial charge in [0.15, 0.2) is 5.96 Å². The molecule has 0 unspecified atom stereocenters. The molecule has 0 saturated carbocycles. The lowest BCUT2D eigenvalue weighted by Crippen LogP contribution is -2.38. The molecule has 2 N–H and O–H groups in total. The molecule has 1 aromatic carbocycles. The van der Waals surface area contributed by atoms with Crippen LogP contribution in [0.25, 0.3) is 0 Å². The van der Waals surface area contributed by atoms with E-state index in [1.807, 2.05) is 42.1 Å². The maximum atomic E-state index is 6.16. The van der Waals surface area contributed by atoms with Crippen molar-refractivity contribution in [3.63, 3.8) is 0 Å². The Morgan fingerprint density at radius 2 is 2.13 bits per heavy atom. The van der Waals surface area contributed by atoms with Crippen LogP contribution in [0.5, 0.6) is 0 Å². The molecule has 23 heavy (non-hydrogen) atoms. The zero-order chi connectivity index (χ0) is 16.5. The van der Waals surface area contributed by atoms with Gasteiger partial charge in [0, 0.05) is 30.9 Å². The highest BCUT2D eigenvalue weighted by atomic mass is 35.5. The van der Waals surface area contributed by atoms with Gasteiger partial charge in [-0.15, -0.1) is 0 Å². The fourth-order valence-electron chi connectivity index (χ4n) is 2.17. The van der Waals surface area contributed by atoms with Crippen molar-refractivity contribution in [1.82, 2.24) is 20.4 Å². The van der Waals surface area contributed by atoms with Gasteiger partial charge in [0.05, 0.1) is 12.7 Å². The van der Waals surface area contributed by atoms with E-state index in [1.54, 1.807) is 0 Å². The number of hydrogen-bond acceptors (Lipinski definition) is 2. The van der Waals surface area contributed by atoms with Crippen LogP contribution < -0.4 is 10.6 Å². The average Bonchev–Trinajstić information content (AvgIpc) is 2.96. The summed E-state index contributed by atoms with van der Waals surface area (Å²) >= 11 is 6.16. The molecule has 0 radical (unpaired) electrons. The van der Waals surface area contributed by atoms with Crippen molar-refractivity contribution in [2.24, 2.45) is 4.99 Å². The Bertz CT molecular complexity index is 635. The highest BCUT2D eigenvalue weighted by Crippen LogP contribution is 2.15. The third-order valence-electron chi connectivity index (χ3n) is 3.33. The van der Waals surface area contributed by atoms with Crippen LogP contribution in [0, 0.1) is 6.92 Å². The first-order valence-corrected chi connectivity index (χ1v) is 8.31. The molecule has 2 aromatic rings. The van der Waals surface area contributed by atoms with E-state index in [1.165, 1.54) is 5.56 Å². The topological polar surface area (TPSA) is 54.2 Å². The second-order valence-electron chi connectivity index (χ2n) is 5.35. The number of hydrogen-bond donors (Lipinski definition) is 2. The van der Waals surface area contributed by atoms with Gasteiger partial charge in [-0.05, 0) is 37.5 Å². The van der Waals surface area contributed by atoms with E-state index in [4.69, 9.17) is 11.6 Å². The lowest BCUT2D eigenvalue weighted by molar-refractivity contribution is 0.570. The molecule has 1 aromatic heterocycles. The van der Waals surface area contributed by atoms with E-state index in [0.29, 0.717) is 6.54 Å². The predicted octanol–water partition coefficient (Wildman–Crippen LogP) is 2.99. The first kappa shape index (κ1) is 17.3. The molecule has 2 rings (SSSR count).